The minimum Gasteiger partial charge on any atom is -0.494 e. The number of rotatable bonds is 4. The number of carbonyl (C=O) groups excluding carboxylic acids is 1. The van der Waals surface area contributed by atoms with Gasteiger partial charge in [-0.2, -0.15) is 0 Å². The first-order valence-corrected chi connectivity index (χ1v) is 10.7. The van der Waals surface area contributed by atoms with Crippen LogP contribution in [-0.4, -0.2) is 21.5 Å². The van der Waals surface area contributed by atoms with E-state index < -0.39 is 11.6 Å². The van der Waals surface area contributed by atoms with Crippen molar-refractivity contribution < 1.29 is 9.53 Å². The van der Waals surface area contributed by atoms with Crippen LogP contribution in [0.25, 0.3) is 0 Å². The Morgan fingerprint density at radius 1 is 1.06 bits per heavy atom. The first-order valence-electron chi connectivity index (χ1n) is 10.7. The average Bonchev–Trinajstić information content (AvgIpc) is 2.73. The molecule has 1 N–H and O–H groups in total. The van der Waals surface area contributed by atoms with E-state index in [1.807, 2.05) is 31.2 Å². The minimum atomic E-state index is -0.527. The maximum Gasteiger partial charge on any atom is 0.332 e. The third-order valence-corrected chi connectivity index (χ3v) is 6.15. The maximum absolute atomic E-state index is 13.3. The molecule has 1 aromatic heterocycles. The van der Waals surface area contributed by atoms with Crippen molar-refractivity contribution in [1.29, 1.82) is 0 Å². The van der Waals surface area contributed by atoms with Gasteiger partial charge in [0.15, 0.2) is 5.78 Å². The highest BCUT2D eigenvalue weighted by molar-refractivity contribution is 6.01. The topological polar surface area (TPSA) is 82.3 Å². The zero-order valence-corrected chi connectivity index (χ0v) is 18.7. The number of nitrogens with one attached hydrogen (secondary N) is 1. The molecule has 0 bridgehead atoms. The van der Waals surface area contributed by atoms with Gasteiger partial charge in [-0.05, 0) is 36.0 Å². The first-order chi connectivity index (χ1) is 14.6. The number of hydrogen-bond donors (Lipinski definition) is 1. The van der Waals surface area contributed by atoms with E-state index >= 15 is 0 Å². The van der Waals surface area contributed by atoms with Crippen LogP contribution in [0.4, 0.5) is 5.82 Å². The van der Waals surface area contributed by atoms with Gasteiger partial charge in [0.25, 0.3) is 5.56 Å². The average molecular weight is 424 g/mol. The predicted octanol–water partition coefficient (Wildman–Crippen LogP) is 3.07. The van der Waals surface area contributed by atoms with Crippen LogP contribution in [0, 0.1) is 5.41 Å². The van der Waals surface area contributed by atoms with Gasteiger partial charge in [-0.1, -0.05) is 32.9 Å². The lowest BCUT2D eigenvalue weighted by atomic mass is 9.69. The van der Waals surface area contributed by atoms with Crippen LogP contribution in [0.2, 0.25) is 0 Å². The van der Waals surface area contributed by atoms with E-state index in [0.717, 1.165) is 28.0 Å². The van der Waals surface area contributed by atoms with Crippen molar-refractivity contribution in [3.05, 3.63) is 67.5 Å². The summed E-state index contributed by atoms with van der Waals surface area (Å²) in [6.07, 6.45) is 2.00. The number of benzene rings is 1. The largest absolute Gasteiger partial charge is 0.494 e. The Morgan fingerprint density at radius 3 is 2.39 bits per heavy atom. The molecule has 2 aliphatic rings. The number of fused-ring (bicyclic) bond motifs is 1. The van der Waals surface area contributed by atoms with Crippen LogP contribution in [0.3, 0.4) is 0 Å². The fourth-order valence-electron chi connectivity index (χ4n) is 4.66. The van der Waals surface area contributed by atoms with Crippen molar-refractivity contribution in [3.8, 4) is 5.75 Å². The number of allylic oxidation sites excluding steroid dienone is 2. The van der Waals surface area contributed by atoms with Crippen LogP contribution in [0.1, 0.15) is 57.1 Å². The number of Topliss-reactive ketones (excluding diaryl/α,β-unsaturated/α-hetero) is 1. The predicted molar refractivity (Wildman–Crippen MR) is 120 cm³/mol. The van der Waals surface area contributed by atoms with Crippen molar-refractivity contribution in [1.82, 2.24) is 9.13 Å². The van der Waals surface area contributed by atoms with Crippen LogP contribution >= 0.6 is 0 Å². The van der Waals surface area contributed by atoms with Crippen LogP contribution < -0.4 is 21.3 Å². The molecule has 0 saturated heterocycles. The lowest BCUT2D eigenvalue weighted by Crippen LogP contribution is -2.45. The number of hydrogen-bond acceptors (Lipinski definition) is 5. The van der Waals surface area contributed by atoms with Gasteiger partial charge in [-0.3, -0.25) is 18.7 Å². The quantitative estimate of drug-likeness (QED) is 0.817. The van der Waals surface area contributed by atoms with Gasteiger partial charge >= 0.3 is 5.69 Å². The van der Waals surface area contributed by atoms with E-state index in [-0.39, 0.29) is 16.8 Å². The Labute approximate surface area is 181 Å². The molecule has 164 valence electrons. The van der Waals surface area contributed by atoms with Gasteiger partial charge in [0.05, 0.1) is 12.2 Å². The van der Waals surface area contributed by atoms with Gasteiger partial charge in [0.1, 0.15) is 11.6 Å². The number of ketones is 1. The third-order valence-electron chi connectivity index (χ3n) is 6.15. The number of aromatic nitrogens is 2. The van der Waals surface area contributed by atoms with E-state index in [1.165, 1.54) is 11.6 Å². The molecule has 7 nitrogen and oxygen atoms in total. The van der Waals surface area contributed by atoms with E-state index in [1.54, 1.807) is 7.05 Å². The van der Waals surface area contributed by atoms with Crippen molar-refractivity contribution in [2.24, 2.45) is 19.5 Å². The molecule has 1 aliphatic heterocycles. The molecule has 1 aromatic carbocycles. The van der Waals surface area contributed by atoms with Crippen molar-refractivity contribution in [3.63, 3.8) is 0 Å². The molecule has 0 amide bonds. The second kappa shape index (κ2) is 7.55. The summed E-state index contributed by atoms with van der Waals surface area (Å²) in [6, 6.07) is 7.56. The Bertz CT molecular complexity index is 1200. The number of carbonyl (C=O) groups is 1. The number of ether oxygens (including phenoxy) is 1. The molecule has 31 heavy (non-hydrogen) atoms. The van der Waals surface area contributed by atoms with E-state index in [2.05, 4.69) is 19.2 Å². The second-order valence-electron chi connectivity index (χ2n) is 9.28. The summed E-state index contributed by atoms with van der Waals surface area (Å²) >= 11 is 0. The lowest BCUT2D eigenvalue weighted by Gasteiger charge is -2.39. The smallest absolute Gasteiger partial charge is 0.332 e. The van der Waals surface area contributed by atoms with Gasteiger partial charge in [0.2, 0.25) is 0 Å². The monoisotopic (exact) mass is 423 g/mol. The summed E-state index contributed by atoms with van der Waals surface area (Å²) in [6.45, 7) is 6.79. The molecular formula is C24H29N3O4. The highest BCUT2D eigenvalue weighted by Crippen LogP contribution is 2.47. The van der Waals surface area contributed by atoms with Crippen LogP contribution in [0.15, 0.2) is 45.1 Å². The normalized spacial score (nSPS) is 19.5. The lowest BCUT2D eigenvalue weighted by molar-refractivity contribution is -0.118. The van der Waals surface area contributed by atoms with Crippen molar-refractivity contribution in [2.75, 3.05) is 11.9 Å². The second-order valence-corrected chi connectivity index (χ2v) is 9.28. The van der Waals surface area contributed by atoms with Gasteiger partial charge in [-0.15, -0.1) is 0 Å². The summed E-state index contributed by atoms with van der Waals surface area (Å²) < 4.78 is 8.26. The molecule has 2 aromatic rings. The van der Waals surface area contributed by atoms with Crippen LogP contribution in [-0.2, 0) is 18.9 Å². The first kappa shape index (κ1) is 21.2. The molecule has 0 fully saturated rings. The maximum atomic E-state index is 13.3. The number of nitrogens with zero attached hydrogens (tertiary/aromatic N) is 2. The molecule has 4 rings (SSSR count). The fourth-order valence-corrected chi connectivity index (χ4v) is 4.66. The molecule has 1 unspecified atom stereocenters. The molecule has 0 spiro atoms. The molecular weight excluding hydrogens is 394 g/mol. The third kappa shape index (κ3) is 3.52. The van der Waals surface area contributed by atoms with E-state index in [9.17, 15) is 14.4 Å². The highest BCUT2D eigenvalue weighted by Gasteiger charge is 2.42. The molecule has 0 saturated carbocycles. The molecule has 1 atom stereocenters. The Balaban J connectivity index is 1.95. The zero-order valence-electron chi connectivity index (χ0n) is 18.7. The Kier molecular flexibility index (Phi) is 5.15. The summed E-state index contributed by atoms with van der Waals surface area (Å²) in [7, 11) is 3.12. The van der Waals surface area contributed by atoms with Crippen molar-refractivity contribution >= 4 is 11.6 Å². The minimum absolute atomic E-state index is 0.0385. The highest BCUT2D eigenvalue weighted by atomic mass is 16.5. The summed E-state index contributed by atoms with van der Waals surface area (Å²) in [5, 5.41) is 3.28. The molecule has 0 radical (unpaired) electrons. The molecule has 1 aliphatic carbocycles. The van der Waals surface area contributed by atoms with Gasteiger partial charge in [-0.25, -0.2) is 4.79 Å². The summed E-state index contributed by atoms with van der Waals surface area (Å²) in [5.74, 6) is 0.726. The van der Waals surface area contributed by atoms with Crippen LogP contribution in [0.5, 0.6) is 5.75 Å². The van der Waals surface area contributed by atoms with E-state index in [4.69, 9.17) is 4.74 Å². The zero-order chi connectivity index (χ0) is 22.5. The fraction of sp³-hybridized carbons (Fsp3) is 0.458. The standard InChI is InChI=1S/C24H29N3O4/c1-6-11-31-15-9-7-14(8-10-15)18-19-16(12-24(2,3)13-17(19)28)25-21-20(18)22(29)27(5)23(30)26(21)4/h7-10,18,25H,6,11-13H2,1-5H3. The van der Waals surface area contributed by atoms with Gasteiger partial charge < -0.3 is 10.1 Å². The Hall–Kier alpha value is -3.09. The number of anilines is 1. The van der Waals surface area contributed by atoms with Crippen molar-refractivity contribution in [2.45, 2.75) is 46.0 Å². The van der Waals surface area contributed by atoms with Gasteiger partial charge in [0, 0.05) is 37.7 Å². The summed E-state index contributed by atoms with van der Waals surface area (Å²) in [4.78, 5) is 39.1. The Morgan fingerprint density at radius 2 is 1.74 bits per heavy atom. The SMILES string of the molecule is CCCOc1ccc(C2C3=C(CC(C)(C)CC3=O)Nc3c2c(=O)n(C)c(=O)n3C)cc1. The van der Waals surface area contributed by atoms with E-state index in [0.29, 0.717) is 36.4 Å². The molecule has 2 heterocycles. The molecule has 7 heteroatoms. The summed E-state index contributed by atoms with van der Waals surface area (Å²) in [5.41, 5.74) is 1.72.